The Balaban J connectivity index is 2.77. The van der Waals surface area contributed by atoms with Crippen molar-refractivity contribution in [1.29, 1.82) is 0 Å². The first-order valence-electron chi connectivity index (χ1n) is 3.92. The third-order valence-electron chi connectivity index (χ3n) is 1.35. The summed E-state index contributed by atoms with van der Waals surface area (Å²) in [4.78, 5) is 0. The molecule has 0 aromatic heterocycles. The third kappa shape index (κ3) is 3.43. The monoisotopic (exact) mass is 276 g/mol. The molecule has 0 aliphatic rings. The highest BCUT2D eigenvalue weighted by molar-refractivity contribution is 14.1. The number of benzene rings is 1. The molecular weight excluding hydrogens is 263 g/mol. The number of rotatable bonds is 2. The lowest BCUT2D eigenvalue weighted by atomic mass is 10.2. The Bertz CT molecular complexity index is 263. The highest BCUT2D eigenvalue weighted by atomic mass is 127. The predicted molar refractivity (Wildman–Crippen MR) is 59.9 cm³/mol. The molecule has 1 rings (SSSR count). The molecule has 0 bridgehead atoms. The molecule has 0 spiro atoms. The van der Waals surface area contributed by atoms with Gasteiger partial charge in [0.05, 0.1) is 0 Å². The predicted octanol–water partition coefficient (Wildman–Crippen LogP) is 3.54. The van der Waals surface area contributed by atoms with Crippen LogP contribution in [0.15, 0.2) is 24.3 Å². The maximum Gasteiger partial charge on any atom is 0.153 e. The van der Waals surface area contributed by atoms with Crippen molar-refractivity contribution in [3.8, 4) is 5.75 Å². The van der Waals surface area contributed by atoms with Gasteiger partial charge in [0.15, 0.2) is 3.61 Å². The molecule has 0 unspecified atom stereocenters. The van der Waals surface area contributed by atoms with E-state index in [1.807, 2.05) is 32.0 Å². The van der Waals surface area contributed by atoms with E-state index in [2.05, 4.69) is 35.6 Å². The quantitative estimate of drug-likeness (QED) is 0.593. The Morgan fingerprint density at radius 1 is 1.33 bits per heavy atom. The van der Waals surface area contributed by atoms with Crippen LogP contribution in [-0.2, 0) is 0 Å². The van der Waals surface area contributed by atoms with Crippen LogP contribution < -0.4 is 4.74 Å². The van der Waals surface area contributed by atoms with E-state index in [1.165, 1.54) is 5.56 Å². The molecule has 1 aromatic rings. The van der Waals surface area contributed by atoms with Gasteiger partial charge in [0, 0.05) is 0 Å². The van der Waals surface area contributed by atoms with Crippen molar-refractivity contribution in [3.05, 3.63) is 29.8 Å². The maximum absolute atomic E-state index is 5.67. The van der Waals surface area contributed by atoms with Gasteiger partial charge in [-0.3, -0.25) is 0 Å². The fraction of sp³-hybridized carbons (Fsp3) is 0.400. The zero-order valence-electron chi connectivity index (χ0n) is 7.60. The normalized spacial score (nSPS) is 11.3. The van der Waals surface area contributed by atoms with Crippen molar-refractivity contribution in [2.75, 3.05) is 0 Å². The zero-order chi connectivity index (χ0) is 9.19. The van der Waals surface area contributed by atoms with E-state index in [9.17, 15) is 0 Å². The summed E-state index contributed by atoms with van der Waals surface area (Å²) in [5, 5.41) is 0. The lowest BCUT2D eigenvalue weighted by Crippen LogP contribution is -2.18. The summed E-state index contributed by atoms with van der Waals surface area (Å²) in [6, 6.07) is 8.09. The van der Waals surface area contributed by atoms with E-state index in [0.29, 0.717) is 0 Å². The Kier molecular flexibility index (Phi) is 2.99. The molecule has 66 valence electrons. The van der Waals surface area contributed by atoms with Crippen LogP contribution in [0.2, 0.25) is 0 Å². The summed E-state index contributed by atoms with van der Waals surface area (Å²) < 4.78 is 5.54. The maximum atomic E-state index is 5.67. The molecule has 0 fully saturated rings. The van der Waals surface area contributed by atoms with E-state index < -0.39 is 0 Å². The van der Waals surface area contributed by atoms with Crippen molar-refractivity contribution in [2.45, 2.75) is 24.4 Å². The van der Waals surface area contributed by atoms with E-state index in [4.69, 9.17) is 4.74 Å². The summed E-state index contributed by atoms with van der Waals surface area (Å²) in [5.41, 5.74) is 1.23. The van der Waals surface area contributed by atoms with Crippen LogP contribution in [0, 0.1) is 6.92 Å². The molecule has 1 aromatic carbocycles. The molecule has 0 radical (unpaired) electrons. The fourth-order valence-electron chi connectivity index (χ4n) is 0.959. The van der Waals surface area contributed by atoms with Crippen molar-refractivity contribution in [3.63, 3.8) is 0 Å². The molecule has 0 atom stereocenters. The van der Waals surface area contributed by atoms with E-state index in [-0.39, 0.29) is 3.61 Å². The highest BCUT2D eigenvalue weighted by Crippen LogP contribution is 2.23. The molecule has 0 N–H and O–H groups in total. The summed E-state index contributed by atoms with van der Waals surface area (Å²) in [6.45, 7) is 6.14. The Morgan fingerprint density at radius 3 is 2.50 bits per heavy atom. The molecule has 0 heterocycles. The van der Waals surface area contributed by atoms with Gasteiger partial charge < -0.3 is 4.74 Å². The summed E-state index contributed by atoms with van der Waals surface area (Å²) in [6.07, 6.45) is 0. The van der Waals surface area contributed by atoms with E-state index >= 15 is 0 Å². The van der Waals surface area contributed by atoms with Gasteiger partial charge in [-0.1, -0.05) is 12.1 Å². The van der Waals surface area contributed by atoms with Gasteiger partial charge in [-0.15, -0.1) is 0 Å². The highest BCUT2D eigenvalue weighted by Gasteiger charge is 2.13. The number of hydrogen-bond acceptors (Lipinski definition) is 1. The second-order valence-corrected chi connectivity index (χ2v) is 5.88. The molecule has 12 heavy (non-hydrogen) atoms. The Labute approximate surface area is 87.3 Å². The van der Waals surface area contributed by atoms with Crippen molar-refractivity contribution < 1.29 is 4.74 Å². The van der Waals surface area contributed by atoms with E-state index in [0.717, 1.165) is 5.75 Å². The average Bonchev–Trinajstić information content (AvgIpc) is 1.82. The van der Waals surface area contributed by atoms with Crippen LogP contribution in [0.3, 0.4) is 0 Å². The SMILES string of the molecule is Cc1cccc(OC(C)(C)I)c1. The Hall–Kier alpha value is -0.250. The van der Waals surface area contributed by atoms with Gasteiger partial charge in [-0.25, -0.2) is 0 Å². The third-order valence-corrected chi connectivity index (χ3v) is 1.57. The smallest absolute Gasteiger partial charge is 0.153 e. The number of aryl methyl sites for hydroxylation is 1. The molecule has 0 saturated carbocycles. The molecule has 0 saturated heterocycles. The number of halogens is 1. The summed E-state index contributed by atoms with van der Waals surface area (Å²) >= 11 is 2.27. The lowest BCUT2D eigenvalue weighted by Gasteiger charge is -2.19. The van der Waals surface area contributed by atoms with Gasteiger partial charge in [0.2, 0.25) is 0 Å². The molecule has 1 nitrogen and oxygen atoms in total. The number of alkyl halides is 1. The standard InChI is InChI=1S/C10H13IO/c1-8-5-4-6-9(7-8)12-10(2,3)11/h4-7H,1-3H3. The molecule has 0 amide bonds. The van der Waals surface area contributed by atoms with E-state index in [1.54, 1.807) is 0 Å². The van der Waals surface area contributed by atoms with Crippen LogP contribution in [0.5, 0.6) is 5.75 Å². The van der Waals surface area contributed by atoms with Gasteiger partial charge in [-0.2, -0.15) is 0 Å². The van der Waals surface area contributed by atoms with Crippen LogP contribution >= 0.6 is 22.6 Å². The lowest BCUT2D eigenvalue weighted by molar-refractivity contribution is 0.225. The summed E-state index contributed by atoms with van der Waals surface area (Å²) in [5.74, 6) is 0.939. The first-order chi connectivity index (χ1) is 5.47. The van der Waals surface area contributed by atoms with Gasteiger partial charge in [-0.05, 0) is 61.1 Å². The topological polar surface area (TPSA) is 9.23 Å². The second-order valence-electron chi connectivity index (χ2n) is 3.28. The van der Waals surface area contributed by atoms with Gasteiger partial charge >= 0.3 is 0 Å². The largest absolute Gasteiger partial charge is 0.478 e. The van der Waals surface area contributed by atoms with Crippen LogP contribution in [-0.4, -0.2) is 3.61 Å². The van der Waals surface area contributed by atoms with Crippen LogP contribution in [0.25, 0.3) is 0 Å². The number of hydrogen-bond donors (Lipinski definition) is 0. The first-order valence-corrected chi connectivity index (χ1v) is 5.00. The zero-order valence-corrected chi connectivity index (χ0v) is 9.75. The van der Waals surface area contributed by atoms with Crippen molar-refractivity contribution >= 4 is 22.6 Å². The Morgan fingerprint density at radius 2 is 2.00 bits per heavy atom. The molecule has 2 heteroatoms. The van der Waals surface area contributed by atoms with Crippen LogP contribution in [0.1, 0.15) is 19.4 Å². The van der Waals surface area contributed by atoms with Gasteiger partial charge in [0.25, 0.3) is 0 Å². The molecule has 0 aliphatic heterocycles. The first kappa shape index (κ1) is 9.84. The van der Waals surface area contributed by atoms with Crippen molar-refractivity contribution in [2.24, 2.45) is 0 Å². The fourth-order valence-corrected chi connectivity index (χ4v) is 1.21. The second kappa shape index (κ2) is 3.64. The molecule has 0 aliphatic carbocycles. The van der Waals surface area contributed by atoms with Crippen molar-refractivity contribution in [1.82, 2.24) is 0 Å². The summed E-state index contributed by atoms with van der Waals surface area (Å²) in [7, 11) is 0. The minimum Gasteiger partial charge on any atom is -0.478 e. The number of ether oxygens (including phenoxy) is 1. The van der Waals surface area contributed by atoms with Crippen LogP contribution in [0.4, 0.5) is 0 Å². The van der Waals surface area contributed by atoms with Gasteiger partial charge in [0.1, 0.15) is 5.75 Å². The molecular formula is C10H13IO. The minimum absolute atomic E-state index is 0.133. The average molecular weight is 276 g/mol. The minimum atomic E-state index is -0.133.